The molecule has 2 aliphatic rings. The largest absolute Gasteiger partial charge is 0.401 e. The lowest BCUT2D eigenvalue weighted by atomic mass is 10.0. The van der Waals surface area contributed by atoms with E-state index in [2.05, 4.69) is 0 Å². The highest BCUT2D eigenvalue weighted by Gasteiger charge is 2.52. The molecule has 3 rings (SSSR count). The summed E-state index contributed by atoms with van der Waals surface area (Å²) in [4.78, 5) is 27.9. The Morgan fingerprint density at radius 3 is 3.00 bits per heavy atom. The van der Waals surface area contributed by atoms with Gasteiger partial charge in [-0.25, -0.2) is 4.39 Å². The van der Waals surface area contributed by atoms with Gasteiger partial charge in [0.25, 0.3) is 11.7 Å². The van der Waals surface area contributed by atoms with Crippen LogP contribution in [0, 0.1) is 0 Å². The minimum absolute atomic E-state index is 0.0512. The van der Waals surface area contributed by atoms with Crippen molar-refractivity contribution in [3.8, 4) is 5.75 Å². The minimum atomic E-state index is -2.32. The summed E-state index contributed by atoms with van der Waals surface area (Å²) in [6, 6.07) is 0. The van der Waals surface area contributed by atoms with Crippen molar-refractivity contribution in [1.82, 2.24) is 10.4 Å². The summed E-state index contributed by atoms with van der Waals surface area (Å²) in [5.74, 6) is -3.30. The van der Waals surface area contributed by atoms with Crippen LogP contribution >= 0.6 is 11.3 Å². The van der Waals surface area contributed by atoms with Crippen molar-refractivity contribution in [1.29, 1.82) is 0 Å². The molecule has 0 aliphatic carbocycles. The van der Waals surface area contributed by atoms with Crippen molar-refractivity contribution in [2.75, 3.05) is 5.73 Å². The zero-order chi connectivity index (χ0) is 12.9. The number of carbonyl (C=O) groups excluding carboxylic acids is 2. The van der Waals surface area contributed by atoms with E-state index in [1.165, 1.54) is 11.3 Å². The maximum atomic E-state index is 14.6. The molecule has 1 atom stereocenters. The van der Waals surface area contributed by atoms with Gasteiger partial charge in [0.05, 0.1) is 11.5 Å². The third-order valence-corrected chi connectivity index (χ3v) is 3.91. The molecule has 1 aromatic rings. The van der Waals surface area contributed by atoms with Gasteiger partial charge >= 0.3 is 0 Å². The lowest BCUT2D eigenvalue weighted by Crippen LogP contribution is -2.60. The van der Waals surface area contributed by atoms with Crippen LogP contribution in [0.2, 0.25) is 0 Å². The summed E-state index contributed by atoms with van der Waals surface area (Å²) in [7, 11) is 0. The Morgan fingerprint density at radius 2 is 2.33 bits per heavy atom. The van der Waals surface area contributed by atoms with Crippen LogP contribution in [0.4, 0.5) is 9.39 Å². The van der Waals surface area contributed by atoms with E-state index in [0.717, 1.165) is 5.06 Å². The number of fused-ring (bicyclic) bond motifs is 1. The van der Waals surface area contributed by atoms with Gasteiger partial charge in [0.2, 0.25) is 5.91 Å². The molecule has 18 heavy (non-hydrogen) atoms. The first-order valence-corrected chi connectivity index (χ1v) is 6.23. The highest BCUT2D eigenvalue weighted by atomic mass is 32.1. The fourth-order valence-corrected chi connectivity index (χ4v) is 2.75. The summed E-state index contributed by atoms with van der Waals surface area (Å²) < 4.78 is 14.6. The van der Waals surface area contributed by atoms with Crippen molar-refractivity contribution in [2.45, 2.75) is 25.2 Å². The fraction of sp³-hybridized carbons (Fsp3) is 0.400. The van der Waals surface area contributed by atoms with E-state index in [1.54, 1.807) is 5.38 Å². The number of hydroxylamine groups is 2. The smallest absolute Gasteiger partial charge is 0.282 e. The van der Waals surface area contributed by atoms with Crippen molar-refractivity contribution < 1.29 is 18.8 Å². The normalized spacial score (nSPS) is 27.8. The van der Waals surface area contributed by atoms with E-state index in [0.29, 0.717) is 16.3 Å². The number of piperidine rings is 1. The predicted molar refractivity (Wildman–Crippen MR) is 61.1 cm³/mol. The number of alkyl halides is 1. The third-order valence-electron chi connectivity index (χ3n) is 3.08. The predicted octanol–water partition coefficient (Wildman–Crippen LogP) is 0.542. The number of rotatable bonds is 1. The van der Waals surface area contributed by atoms with Crippen molar-refractivity contribution in [2.24, 2.45) is 0 Å². The minimum Gasteiger partial charge on any atom is -0.401 e. The molecule has 0 spiro atoms. The average Bonchev–Trinajstić information content (AvgIpc) is 2.88. The second-order valence-corrected chi connectivity index (χ2v) is 5.12. The molecular weight excluding hydrogens is 261 g/mol. The van der Waals surface area contributed by atoms with E-state index >= 15 is 0 Å². The van der Waals surface area contributed by atoms with Gasteiger partial charge in [-0.05, 0) is 0 Å². The van der Waals surface area contributed by atoms with Crippen molar-refractivity contribution in [3.63, 3.8) is 0 Å². The molecule has 3 N–H and O–H groups in total. The highest BCUT2D eigenvalue weighted by molar-refractivity contribution is 7.14. The van der Waals surface area contributed by atoms with Gasteiger partial charge in [-0.1, -0.05) is 5.06 Å². The Bertz CT molecular complexity index is 546. The van der Waals surface area contributed by atoms with Crippen LogP contribution in [0.3, 0.4) is 0 Å². The average molecular weight is 271 g/mol. The molecule has 1 aromatic heterocycles. The van der Waals surface area contributed by atoms with E-state index in [-0.39, 0.29) is 19.4 Å². The number of nitrogens with two attached hydrogens (primary N) is 1. The number of imide groups is 1. The standard InChI is InChI=1S/C10H10FN3O3S/c11-10(2-1-7(15)13-9(10)16)14-3-5-6(17-14)4-18-8(5)12/h4H,1-3,12H2,(H,13,15,16). The van der Waals surface area contributed by atoms with Crippen molar-refractivity contribution in [3.05, 3.63) is 10.9 Å². The van der Waals surface area contributed by atoms with Gasteiger partial charge < -0.3 is 10.6 Å². The Labute approximate surface area is 105 Å². The Morgan fingerprint density at radius 1 is 1.56 bits per heavy atom. The quantitative estimate of drug-likeness (QED) is 0.575. The van der Waals surface area contributed by atoms with E-state index in [4.69, 9.17) is 10.6 Å². The van der Waals surface area contributed by atoms with E-state index < -0.39 is 17.6 Å². The Kier molecular flexibility index (Phi) is 2.32. The number of amides is 2. The number of nitrogens with one attached hydrogen (secondary N) is 1. The van der Waals surface area contributed by atoms with Crippen LogP contribution in [-0.4, -0.2) is 22.7 Å². The topological polar surface area (TPSA) is 84.7 Å². The number of hydrogen-bond acceptors (Lipinski definition) is 6. The SMILES string of the molecule is Nc1scc2c1CN(C1(F)CCC(=O)NC1=O)O2. The third kappa shape index (κ3) is 1.49. The van der Waals surface area contributed by atoms with Crippen LogP contribution in [0.15, 0.2) is 5.38 Å². The molecule has 96 valence electrons. The maximum Gasteiger partial charge on any atom is 0.282 e. The van der Waals surface area contributed by atoms with Crippen LogP contribution in [-0.2, 0) is 16.1 Å². The maximum absolute atomic E-state index is 14.6. The summed E-state index contributed by atoms with van der Waals surface area (Å²) in [5.41, 5.74) is 6.40. The Hall–Kier alpha value is -1.67. The zero-order valence-electron chi connectivity index (χ0n) is 9.23. The molecule has 2 amide bonds. The van der Waals surface area contributed by atoms with Gasteiger partial charge in [-0.2, -0.15) is 0 Å². The second kappa shape index (κ2) is 3.66. The van der Waals surface area contributed by atoms with E-state index in [9.17, 15) is 14.0 Å². The molecule has 0 radical (unpaired) electrons. The summed E-state index contributed by atoms with van der Waals surface area (Å²) in [5, 5.41) is 5.14. The Balaban J connectivity index is 1.85. The van der Waals surface area contributed by atoms with Crippen LogP contribution in [0.1, 0.15) is 18.4 Å². The molecule has 1 saturated heterocycles. The summed E-state index contributed by atoms with van der Waals surface area (Å²) in [6.45, 7) is 0.1000. The number of carbonyl (C=O) groups is 2. The molecule has 1 fully saturated rings. The molecular formula is C10H10FN3O3S. The number of hydrogen-bond donors (Lipinski definition) is 2. The molecule has 8 heteroatoms. The van der Waals surface area contributed by atoms with Crippen LogP contribution < -0.4 is 15.9 Å². The second-order valence-electron chi connectivity index (χ2n) is 4.21. The highest BCUT2D eigenvalue weighted by Crippen LogP contribution is 2.42. The number of nitrogen functional groups attached to an aromatic ring is 1. The van der Waals surface area contributed by atoms with Crippen molar-refractivity contribution >= 4 is 28.2 Å². The van der Waals surface area contributed by atoms with Gasteiger partial charge in [0.15, 0.2) is 5.75 Å². The molecule has 1 unspecified atom stereocenters. The molecule has 3 heterocycles. The zero-order valence-corrected chi connectivity index (χ0v) is 10.1. The lowest BCUT2D eigenvalue weighted by Gasteiger charge is -2.33. The molecule has 0 aromatic carbocycles. The number of anilines is 1. The molecule has 6 nitrogen and oxygen atoms in total. The van der Waals surface area contributed by atoms with Crippen LogP contribution in [0.25, 0.3) is 0 Å². The molecule has 2 aliphatic heterocycles. The first-order chi connectivity index (χ1) is 8.50. The molecule has 0 bridgehead atoms. The fourth-order valence-electron chi connectivity index (χ4n) is 2.02. The van der Waals surface area contributed by atoms with E-state index in [1.807, 2.05) is 5.32 Å². The first-order valence-electron chi connectivity index (χ1n) is 5.35. The first kappa shape index (κ1) is 11.4. The molecule has 0 saturated carbocycles. The van der Waals surface area contributed by atoms with Crippen LogP contribution in [0.5, 0.6) is 5.75 Å². The number of nitrogens with zero attached hydrogens (tertiary/aromatic N) is 1. The summed E-state index contributed by atoms with van der Waals surface area (Å²) in [6.07, 6.45) is -0.268. The summed E-state index contributed by atoms with van der Waals surface area (Å²) >= 11 is 1.30. The van der Waals surface area contributed by atoms with Gasteiger partial charge in [0.1, 0.15) is 0 Å². The number of halogens is 1. The monoisotopic (exact) mass is 271 g/mol. The van der Waals surface area contributed by atoms with Gasteiger partial charge in [-0.3, -0.25) is 14.9 Å². The van der Waals surface area contributed by atoms with Gasteiger partial charge in [0, 0.05) is 23.8 Å². The van der Waals surface area contributed by atoms with Gasteiger partial charge in [-0.15, -0.1) is 11.3 Å². The lowest BCUT2D eigenvalue weighted by molar-refractivity contribution is -0.208. The number of thiophene rings is 1.